The SMILES string of the molecule is COc1cccc(N(CCCO)C2CCC2)c1C(C)O. The van der Waals surface area contributed by atoms with E-state index in [0.717, 1.165) is 30.0 Å². The molecule has 0 heterocycles. The van der Waals surface area contributed by atoms with Gasteiger partial charge < -0.3 is 19.8 Å². The summed E-state index contributed by atoms with van der Waals surface area (Å²) >= 11 is 0. The molecule has 1 saturated carbocycles. The first kappa shape index (κ1) is 15.1. The highest BCUT2D eigenvalue weighted by Gasteiger charge is 2.28. The number of anilines is 1. The van der Waals surface area contributed by atoms with E-state index in [4.69, 9.17) is 9.84 Å². The van der Waals surface area contributed by atoms with Crippen molar-refractivity contribution in [3.05, 3.63) is 23.8 Å². The van der Waals surface area contributed by atoms with E-state index in [9.17, 15) is 5.11 Å². The Morgan fingerprint density at radius 2 is 2.15 bits per heavy atom. The summed E-state index contributed by atoms with van der Waals surface area (Å²) in [4.78, 5) is 2.32. The van der Waals surface area contributed by atoms with E-state index in [1.54, 1.807) is 14.0 Å². The fraction of sp³-hybridized carbons (Fsp3) is 0.625. The molecule has 0 bridgehead atoms. The highest BCUT2D eigenvalue weighted by atomic mass is 16.5. The molecule has 4 nitrogen and oxygen atoms in total. The minimum absolute atomic E-state index is 0.192. The fourth-order valence-corrected chi connectivity index (χ4v) is 2.82. The van der Waals surface area contributed by atoms with Crippen molar-refractivity contribution >= 4 is 5.69 Å². The molecule has 1 aliphatic rings. The number of methoxy groups -OCH3 is 1. The second-order valence-electron chi connectivity index (χ2n) is 5.42. The van der Waals surface area contributed by atoms with Crippen molar-refractivity contribution in [2.24, 2.45) is 0 Å². The number of hydrogen-bond donors (Lipinski definition) is 2. The molecule has 1 aromatic rings. The lowest BCUT2D eigenvalue weighted by molar-refractivity contribution is 0.194. The summed E-state index contributed by atoms with van der Waals surface area (Å²) in [6.45, 7) is 2.78. The third kappa shape index (κ3) is 3.07. The molecule has 0 aliphatic heterocycles. The zero-order chi connectivity index (χ0) is 14.5. The van der Waals surface area contributed by atoms with E-state index in [0.29, 0.717) is 6.04 Å². The van der Waals surface area contributed by atoms with Gasteiger partial charge in [-0.2, -0.15) is 0 Å². The Hall–Kier alpha value is -1.26. The zero-order valence-electron chi connectivity index (χ0n) is 12.4. The van der Waals surface area contributed by atoms with Crippen LogP contribution in [-0.4, -0.2) is 36.5 Å². The van der Waals surface area contributed by atoms with Crippen LogP contribution in [0.4, 0.5) is 5.69 Å². The smallest absolute Gasteiger partial charge is 0.126 e. The molecule has 20 heavy (non-hydrogen) atoms. The average molecular weight is 279 g/mol. The van der Waals surface area contributed by atoms with Crippen LogP contribution >= 0.6 is 0 Å². The Morgan fingerprint density at radius 1 is 1.40 bits per heavy atom. The predicted octanol–water partition coefficient (Wildman–Crippen LogP) is 2.49. The molecule has 1 unspecified atom stereocenters. The summed E-state index contributed by atoms with van der Waals surface area (Å²) in [5, 5.41) is 19.2. The highest BCUT2D eigenvalue weighted by molar-refractivity contribution is 5.61. The number of ether oxygens (including phenoxy) is 1. The summed E-state index contributed by atoms with van der Waals surface area (Å²) in [6, 6.07) is 6.41. The maximum atomic E-state index is 10.1. The van der Waals surface area contributed by atoms with Gasteiger partial charge in [-0.05, 0) is 44.7 Å². The van der Waals surface area contributed by atoms with Crippen LogP contribution in [0, 0.1) is 0 Å². The maximum Gasteiger partial charge on any atom is 0.126 e. The molecular weight excluding hydrogens is 254 g/mol. The van der Waals surface area contributed by atoms with E-state index in [1.807, 2.05) is 18.2 Å². The Balaban J connectivity index is 2.35. The van der Waals surface area contributed by atoms with Crippen LogP contribution in [-0.2, 0) is 0 Å². The lowest BCUT2D eigenvalue weighted by Gasteiger charge is -2.40. The van der Waals surface area contributed by atoms with Crippen LogP contribution < -0.4 is 9.64 Å². The van der Waals surface area contributed by atoms with Crippen molar-refractivity contribution in [1.29, 1.82) is 0 Å². The summed E-state index contributed by atoms with van der Waals surface area (Å²) in [5.41, 5.74) is 1.89. The van der Waals surface area contributed by atoms with E-state index in [1.165, 1.54) is 19.3 Å². The Bertz CT molecular complexity index is 430. The lowest BCUT2D eigenvalue weighted by Crippen LogP contribution is -2.41. The Labute approximate surface area is 121 Å². The van der Waals surface area contributed by atoms with Crippen LogP contribution in [0.25, 0.3) is 0 Å². The van der Waals surface area contributed by atoms with Gasteiger partial charge in [0.15, 0.2) is 0 Å². The topological polar surface area (TPSA) is 52.9 Å². The molecule has 0 saturated heterocycles. The van der Waals surface area contributed by atoms with Gasteiger partial charge in [0.1, 0.15) is 5.75 Å². The van der Waals surface area contributed by atoms with Crippen molar-refractivity contribution in [3.63, 3.8) is 0 Å². The van der Waals surface area contributed by atoms with Crippen molar-refractivity contribution in [3.8, 4) is 5.75 Å². The molecule has 0 spiro atoms. The quantitative estimate of drug-likeness (QED) is 0.805. The second kappa shape index (κ2) is 6.95. The first-order chi connectivity index (χ1) is 9.69. The molecule has 0 aromatic heterocycles. The van der Waals surface area contributed by atoms with Crippen molar-refractivity contribution in [2.45, 2.75) is 44.8 Å². The highest BCUT2D eigenvalue weighted by Crippen LogP contribution is 2.38. The van der Waals surface area contributed by atoms with Crippen LogP contribution in [0.3, 0.4) is 0 Å². The maximum absolute atomic E-state index is 10.1. The number of hydrogen-bond acceptors (Lipinski definition) is 4. The lowest BCUT2D eigenvalue weighted by atomic mass is 9.90. The van der Waals surface area contributed by atoms with Crippen molar-refractivity contribution in [1.82, 2.24) is 0 Å². The van der Waals surface area contributed by atoms with E-state index in [2.05, 4.69) is 4.90 Å². The van der Waals surface area contributed by atoms with Gasteiger partial charge in [-0.15, -0.1) is 0 Å². The van der Waals surface area contributed by atoms with Gasteiger partial charge in [0.05, 0.1) is 13.2 Å². The second-order valence-corrected chi connectivity index (χ2v) is 5.42. The number of aliphatic hydroxyl groups excluding tert-OH is 2. The molecule has 0 amide bonds. The molecule has 0 radical (unpaired) electrons. The molecular formula is C16H25NO3. The van der Waals surface area contributed by atoms with Crippen LogP contribution in [0.15, 0.2) is 18.2 Å². The molecule has 1 fully saturated rings. The third-order valence-electron chi connectivity index (χ3n) is 4.06. The van der Waals surface area contributed by atoms with Gasteiger partial charge in [0, 0.05) is 30.4 Å². The van der Waals surface area contributed by atoms with E-state index < -0.39 is 6.10 Å². The molecule has 2 N–H and O–H groups in total. The third-order valence-corrected chi connectivity index (χ3v) is 4.06. The molecule has 1 aliphatic carbocycles. The van der Waals surface area contributed by atoms with Gasteiger partial charge in [0.25, 0.3) is 0 Å². The van der Waals surface area contributed by atoms with Gasteiger partial charge in [-0.3, -0.25) is 0 Å². The van der Waals surface area contributed by atoms with Crippen molar-refractivity contribution < 1.29 is 14.9 Å². The summed E-state index contributed by atoms with van der Waals surface area (Å²) in [5.74, 6) is 0.728. The summed E-state index contributed by atoms with van der Waals surface area (Å²) < 4.78 is 5.40. The molecule has 1 atom stereocenters. The first-order valence-electron chi connectivity index (χ1n) is 7.41. The first-order valence-corrected chi connectivity index (χ1v) is 7.41. The zero-order valence-corrected chi connectivity index (χ0v) is 12.4. The minimum Gasteiger partial charge on any atom is -0.496 e. The molecule has 1 aromatic carbocycles. The number of benzene rings is 1. The van der Waals surface area contributed by atoms with Gasteiger partial charge in [0.2, 0.25) is 0 Å². The van der Waals surface area contributed by atoms with E-state index in [-0.39, 0.29) is 6.61 Å². The monoisotopic (exact) mass is 279 g/mol. The molecule has 112 valence electrons. The normalized spacial score (nSPS) is 16.6. The number of aliphatic hydroxyl groups is 2. The van der Waals surface area contributed by atoms with Crippen LogP contribution in [0.5, 0.6) is 5.75 Å². The standard InChI is InChI=1S/C16H25NO3/c1-12(19)16-14(8-4-9-15(16)20-2)17(10-5-11-18)13-6-3-7-13/h4,8-9,12-13,18-19H,3,5-7,10-11H2,1-2H3. The van der Waals surface area contributed by atoms with Gasteiger partial charge >= 0.3 is 0 Å². The molecule has 4 heteroatoms. The Kier molecular flexibility index (Phi) is 5.26. The fourth-order valence-electron chi connectivity index (χ4n) is 2.82. The molecule has 2 rings (SSSR count). The minimum atomic E-state index is -0.571. The van der Waals surface area contributed by atoms with Gasteiger partial charge in [-0.1, -0.05) is 6.07 Å². The van der Waals surface area contributed by atoms with E-state index >= 15 is 0 Å². The predicted molar refractivity (Wildman–Crippen MR) is 80.3 cm³/mol. The number of rotatable bonds is 7. The van der Waals surface area contributed by atoms with Crippen LogP contribution in [0.2, 0.25) is 0 Å². The Morgan fingerprint density at radius 3 is 2.65 bits per heavy atom. The summed E-state index contributed by atoms with van der Waals surface area (Å²) in [6.07, 6.45) is 3.79. The van der Waals surface area contributed by atoms with Gasteiger partial charge in [-0.25, -0.2) is 0 Å². The summed E-state index contributed by atoms with van der Waals surface area (Å²) in [7, 11) is 1.63. The average Bonchev–Trinajstić information content (AvgIpc) is 2.40. The number of nitrogens with zero attached hydrogens (tertiary/aromatic N) is 1. The van der Waals surface area contributed by atoms with Crippen LogP contribution in [0.1, 0.15) is 44.3 Å². The largest absolute Gasteiger partial charge is 0.496 e. The van der Waals surface area contributed by atoms with Crippen molar-refractivity contribution in [2.75, 3.05) is 25.2 Å².